The Bertz CT molecular complexity index is 3790. The van der Waals surface area contributed by atoms with Gasteiger partial charge in [-0.3, -0.25) is 4.57 Å². The fourth-order valence-electron chi connectivity index (χ4n) is 11.9. The molecule has 0 unspecified atom stereocenters. The van der Waals surface area contributed by atoms with Crippen LogP contribution in [-0.2, 0) is 21.7 Å². The molecule has 1 aliphatic heterocycles. The first kappa shape index (κ1) is 53.1. The molecular formula is C74H78N4O. The van der Waals surface area contributed by atoms with Gasteiger partial charge < -0.3 is 14.5 Å². The molecule has 0 radical (unpaired) electrons. The van der Waals surface area contributed by atoms with Gasteiger partial charge in [0.2, 0.25) is 0 Å². The van der Waals surface area contributed by atoms with E-state index in [2.05, 4.69) is 299 Å². The number of aromatic nitrogens is 2. The average Bonchev–Trinajstić information content (AvgIpc) is 4.25. The van der Waals surface area contributed by atoms with Crippen LogP contribution in [0.3, 0.4) is 0 Å². The van der Waals surface area contributed by atoms with E-state index in [1.54, 1.807) is 0 Å². The van der Waals surface area contributed by atoms with Crippen LogP contribution < -0.4 is 14.5 Å². The summed E-state index contributed by atoms with van der Waals surface area (Å²) in [6.07, 6.45) is 1.95. The Labute approximate surface area is 470 Å². The monoisotopic (exact) mass is 1040 g/mol. The van der Waals surface area contributed by atoms with Crippen molar-refractivity contribution in [1.82, 2.24) is 9.55 Å². The van der Waals surface area contributed by atoms with Crippen LogP contribution in [0.5, 0.6) is 11.5 Å². The molecule has 10 aromatic rings. The number of anilines is 4. The highest BCUT2D eigenvalue weighted by molar-refractivity contribution is 6.10. The predicted molar refractivity (Wildman–Crippen MR) is 335 cm³/mol. The molecule has 3 heterocycles. The standard InChI is InChI=1S/C74H78N4O/c1-48(2)61-28-23-29-62(49(3)4)70(61)50-38-57(45-60(39-50)79-59-33-34-63-64-43-53(71(5,6)7)32-35-65(64)78(68(63)46-59)69-44-54(36-37-75-69)72(8,9)10)76-47-77(67-31-22-21-30-66(67)76)58-41-55(73(11,12)51-24-17-15-18-25-51)40-56(42-58)74(13,14)52-26-19-16-20-27-52/h15-46,48-49H,47H2,1-14H3. The summed E-state index contributed by atoms with van der Waals surface area (Å²) < 4.78 is 9.63. The zero-order chi connectivity index (χ0) is 55.8. The van der Waals surface area contributed by atoms with E-state index in [0.717, 1.165) is 56.7 Å². The van der Waals surface area contributed by atoms with Crippen LogP contribution in [0.25, 0.3) is 38.8 Å². The van der Waals surface area contributed by atoms with Gasteiger partial charge in [-0.25, -0.2) is 4.98 Å². The summed E-state index contributed by atoms with van der Waals surface area (Å²) in [5, 5.41) is 2.37. The van der Waals surface area contributed by atoms with E-state index in [9.17, 15) is 0 Å². The van der Waals surface area contributed by atoms with Crippen molar-refractivity contribution >= 4 is 44.6 Å². The normalized spacial score (nSPS) is 13.3. The highest BCUT2D eigenvalue weighted by atomic mass is 16.5. The lowest BCUT2D eigenvalue weighted by Crippen LogP contribution is -2.27. The molecule has 400 valence electrons. The van der Waals surface area contributed by atoms with Crippen LogP contribution in [-0.4, -0.2) is 16.2 Å². The summed E-state index contributed by atoms with van der Waals surface area (Å²) in [6, 6.07) is 69.8. The van der Waals surface area contributed by atoms with Crippen molar-refractivity contribution in [2.24, 2.45) is 0 Å². The third-order valence-corrected chi connectivity index (χ3v) is 17.0. The Morgan fingerprint density at radius 1 is 0.418 bits per heavy atom. The maximum Gasteiger partial charge on any atom is 0.137 e. The number of fused-ring (bicyclic) bond motifs is 4. The highest BCUT2D eigenvalue weighted by Gasteiger charge is 2.34. The van der Waals surface area contributed by atoms with Crippen molar-refractivity contribution in [3.63, 3.8) is 0 Å². The summed E-state index contributed by atoms with van der Waals surface area (Å²) in [6.45, 7) is 32.9. The topological polar surface area (TPSA) is 33.5 Å². The Balaban J connectivity index is 1.08. The molecule has 5 heteroatoms. The Morgan fingerprint density at radius 2 is 0.962 bits per heavy atom. The second-order valence-corrected chi connectivity index (χ2v) is 25.8. The Hall–Kier alpha value is -7.89. The van der Waals surface area contributed by atoms with Gasteiger partial charge in [-0.15, -0.1) is 0 Å². The first-order valence-electron chi connectivity index (χ1n) is 28.5. The van der Waals surface area contributed by atoms with Crippen LogP contribution in [0.2, 0.25) is 0 Å². The fraction of sp³-hybridized carbons (Fsp3) is 0.284. The number of nitrogens with zero attached hydrogens (tertiary/aromatic N) is 4. The Morgan fingerprint density at radius 3 is 1.52 bits per heavy atom. The number of ether oxygens (including phenoxy) is 1. The molecular weight excluding hydrogens is 961 g/mol. The molecule has 0 saturated heterocycles. The SMILES string of the molecule is CC(C)c1cccc(C(C)C)c1-c1cc(Oc2ccc3c4cc(C(C)(C)C)ccc4n(-c4cc(C(C)(C)C)ccn4)c3c2)cc(N2CN(c3cc(C(C)(C)c4ccccc4)cc(C(C)(C)c4ccccc4)c3)c3ccccc32)c1. The maximum absolute atomic E-state index is 7.31. The molecule has 5 nitrogen and oxygen atoms in total. The van der Waals surface area contributed by atoms with Crippen LogP contribution in [0.15, 0.2) is 194 Å². The molecule has 0 spiro atoms. The van der Waals surface area contributed by atoms with Crippen LogP contribution in [0, 0.1) is 0 Å². The lowest BCUT2D eigenvalue weighted by molar-refractivity contribution is 0.483. The lowest BCUT2D eigenvalue weighted by atomic mass is 9.73. The smallest absolute Gasteiger partial charge is 0.137 e. The molecule has 79 heavy (non-hydrogen) atoms. The summed E-state index contributed by atoms with van der Waals surface area (Å²) in [5.74, 6) is 3.05. The summed E-state index contributed by atoms with van der Waals surface area (Å²) in [4.78, 5) is 10.0. The summed E-state index contributed by atoms with van der Waals surface area (Å²) >= 11 is 0. The van der Waals surface area contributed by atoms with Crippen LogP contribution >= 0.6 is 0 Å². The first-order chi connectivity index (χ1) is 37.6. The highest BCUT2D eigenvalue weighted by Crippen LogP contribution is 2.50. The molecule has 0 fully saturated rings. The van der Waals surface area contributed by atoms with Crippen molar-refractivity contribution in [2.75, 3.05) is 16.5 Å². The minimum Gasteiger partial charge on any atom is -0.457 e. The molecule has 0 N–H and O–H groups in total. The molecule has 11 rings (SSSR count). The molecule has 8 aromatic carbocycles. The number of benzene rings is 8. The van der Waals surface area contributed by atoms with E-state index in [1.807, 2.05) is 6.20 Å². The molecule has 2 aromatic heterocycles. The predicted octanol–water partition coefficient (Wildman–Crippen LogP) is 20.4. The van der Waals surface area contributed by atoms with Gasteiger partial charge in [0.05, 0.1) is 22.4 Å². The molecule has 0 saturated carbocycles. The van der Waals surface area contributed by atoms with Crippen molar-refractivity contribution in [3.05, 3.63) is 239 Å². The minimum absolute atomic E-state index is 0.0130. The van der Waals surface area contributed by atoms with Gasteiger partial charge in [-0.1, -0.05) is 200 Å². The maximum atomic E-state index is 7.31. The van der Waals surface area contributed by atoms with E-state index in [1.165, 1.54) is 60.8 Å². The third kappa shape index (κ3) is 9.92. The molecule has 0 amide bonds. The molecule has 0 atom stereocenters. The first-order valence-corrected chi connectivity index (χ1v) is 28.5. The van der Waals surface area contributed by atoms with Crippen LogP contribution in [0.1, 0.15) is 153 Å². The van der Waals surface area contributed by atoms with Crippen molar-refractivity contribution in [1.29, 1.82) is 0 Å². The number of hydrogen-bond donors (Lipinski definition) is 0. The van der Waals surface area contributed by atoms with Gasteiger partial charge in [0.25, 0.3) is 0 Å². The van der Waals surface area contributed by atoms with E-state index in [0.29, 0.717) is 18.5 Å². The van der Waals surface area contributed by atoms with Gasteiger partial charge >= 0.3 is 0 Å². The second-order valence-electron chi connectivity index (χ2n) is 25.8. The largest absolute Gasteiger partial charge is 0.457 e. The number of rotatable bonds is 12. The number of hydrogen-bond acceptors (Lipinski definition) is 4. The second kappa shape index (κ2) is 20.1. The van der Waals surface area contributed by atoms with Gasteiger partial charge in [0, 0.05) is 51.3 Å². The van der Waals surface area contributed by atoms with E-state index in [-0.39, 0.29) is 21.7 Å². The number of pyridine rings is 1. The van der Waals surface area contributed by atoms with E-state index in [4.69, 9.17) is 9.72 Å². The van der Waals surface area contributed by atoms with Crippen molar-refractivity contribution in [3.8, 4) is 28.4 Å². The van der Waals surface area contributed by atoms with Gasteiger partial charge in [0.15, 0.2) is 0 Å². The van der Waals surface area contributed by atoms with Crippen molar-refractivity contribution in [2.45, 2.75) is 130 Å². The van der Waals surface area contributed by atoms with Crippen LogP contribution in [0.4, 0.5) is 22.7 Å². The van der Waals surface area contributed by atoms with E-state index >= 15 is 0 Å². The van der Waals surface area contributed by atoms with Gasteiger partial charge in [-0.2, -0.15) is 0 Å². The van der Waals surface area contributed by atoms with E-state index < -0.39 is 0 Å². The summed E-state index contributed by atoms with van der Waals surface area (Å²) in [5.41, 5.74) is 18.9. The molecule has 1 aliphatic rings. The quantitative estimate of drug-likeness (QED) is 0.122. The Kier molecular flexibility index (Phi) is 13.5. The van der Waals surface area contributed by atoms with Gasteiger partial charge in [0.1, 0.15) is 24.0 Å². The summed E-state index contributed by atoms with van der Waals surface area (Å²) in [7, 11) is 0. The average molecular weight is 1040 g/mol. The zero-order valence-corrected chi connectivity index (χ0v) is 49.0. The lowest BCUT2D eigenvalue weighted by Gasteiger charge is -2.33. The fourth-order valence-corrected chi connectivity index (χ4v) is 11.9. The number of para-hydroxylation sites is 2. The minimum atomic E-state index is -0.268. The van der Waals surface area contributed by atoms with Gasteiger partial charge in [-0.05, 0) is 151 Å². The van der Waals surface area contributed by atoms with Crippen molar-refractivity contribution < 1.29 is 4.74 Å². The third-order valence-electron chi connectivity index (χ3n) is 17.0. The zero-order valence-electron chi connectivity index (χ0n) is 49.0. The molecule has 0 aliphatic carbocycles. The molecule has 0 bridgehead atoms.